The summed E-state index contributed by atoms with van der Waals surface area (Å²) in [7, 11) is 0. The Morgan fingerprint density at radius 3 is 2.46 bits per heavy atom. The molecule has 1 rings (SSSR count). The Hall–Kier alpha value is -0.230. The zero-order valence-corrected chi connectivity index (χ0v) is 8.92. The summed E-state index contributed by atoms with van der Waals surface area (Å²) in [5.41, 5.74) is -0.682. The van der Waals surface area contributed by atoms with Crippen LogP contribution < -0.4 is 0 Å². The Kier molecular flexibility index (Phi) is 3.23. The monoisotopic (exact) mass is 271 g/mol. The minimum Gasteiger partial charge on any atom is -0.235 e. The molecule has 0 unspecified atom stereocenters. The van der Waals surface area contributed by atoms with Gasteiger partial charge in [0.1, 0.15) is 4.60 Å². The van der Waals surface area contributed by atoms with E-state index < -0.39 is 11.7 Å². The normalized spacial score (nSPS) is 11.8. The third-order valence-electron chi connectivity index (χ3n) is 1.31. The summed E-state index contributed by atoms with van der Waals surface area (Å²) in [6.07, 6.45) is -2.63. The minimum atomic E-state index is -4.31. The lowest BCUT2D eigenvalue weighted by molar-refractivity contribution is -0.137. The van der Waals surface area contributed by atoms with Crippen molar-refractivity contribution in [3.63, 3.8) is 0 Å². The van der Waals surface area contributed by atoms with Crippen molar-refractivity contribution in [2.24, 2.45) is 0 Å². The summed E-state index contributed by atoms with van der Waals surface area (Å²) >= 11 is 4.09. The zero-order valence-electron chi connectivity index (χ0n) is 6.52. The second-order valence-corrected chi connectivity index (χ2v) is 3.86. The Morgan fingerprint density at radius 2 is 2.00 bits per heavy atom. The predicted octanol–water partition coefficient (Wildman–Crippen LogP) is 3.58. The fourth-order valence-corrected chi connectivity index (χ4v) is 1.73. The molecule has 0 N–H and O–H groups in total. The van der Waals surface area contributed by atoms with E-state index in [0.717, 1.165) is 12.1 Å². The zero-order chi connectivity index (χ0) is 10.1. The fourth-order valence-electron chi connectivity index (χ4n) is 0.741. The average Bonchev–Trinajstić information content (AvgIpc) is 2.01. The first-order valence-corrected chi connectivity index (χ1v) is 5.24. The lowest BCUT2D eigenvalue weighted by atomic mass is 10.3. The molecule has 6 heteroatoms. The Morgan fingerprint density at radius 1 is 1.38 bits per heavy atom. The quantitative estimate of drug-likeness (QED) is 0.572. The summed E-state index contributed by atoms with van der Waals surface area (Å²) in [5.74, 6) is 0. The van der Waals surface area contributed by atoms with Crippen LogP contribution in [0.25, 0.3) is 0 Å². The second kappa shape index (κ2) is 3.88. The molecule has 0 bridgehead atoms. The van der Waals surface area contributed by atoms with Crippen LogP contribution in [0, 0.1) is 0 Å². The molecule has 0 aromatic carbocycles. The van der Waals surface area contributed by atoms with Crippen LogP contribution in [0.15, 0.2) is 21.8 Å². The van der Waals surface area contributed by atoms with Crippen LogP contribution in [0.1, 0.15) is 5.56 Å². The van der Waals surface area contributed by atoms with Crippen molar-refractivity contribution in [2.45, 2.75) is 11.2 Å². The van der Waals surface area contributed by atoms with Crippen LogP contribution in [0.3, 0.4) is 0 Å². The van der Waals surface area contributed by atoms with E-state index in [1.54, 1.807) is 6.26 Å². The second-order valence-electron chi connectivity index (χ2n) is 2.22. The maximum atomic E-state index is 12.2. The Bertz CT molecular complexity index is 313. The molecular formula is C7H5BrF3NS. The lowest BCUT2D eigenvalue weighted by Gasteiger charge is -2.07. The van der Waals surface area contributed by atoms with E-state index in [-0.39, 0.29) is 4.60 Å². The lowest BCUT2D eigenvalue weighted by Crippen LogP contribution is -2.05. The number of pyridine rings is 1. The van der Waals surface area contributed by atoms with Crippen molar-refractivity contribution in [3.8, 4) is 0 Å². The van der Waals surface area contributed by atoms with Crippen LogP contribution in [-0.4, -0.2) is 11.2 Å². The van der Waals surface area contributed by atoms with Gasteiger partial charge in [0, 0.05) is 0 Å². The van der Waals surface area contributed by atoms with Crippen LogP contribution in [0.5, 0.6) is 0 Å². The van der Waals surface area contributed by atoms with Gasteiger partial charge in [-0.3, -0.25) is 0 Å². The Labute approximate surface area is 85.9 Å². The highest BCUT2D eigenvalue weighted by Gasteiger charge is 2.31. The summed E-state index contributed by atoms with van der Waals surface area (Å²) in [4.78, 5) is 3.85. The highest BCUT2D eigenvalue weighted by Crippen LogP contribution is 2.32. The molecule has 1 aromatic rings. The van der Waals surface area contributed by atoms with E-state index >= 15 is 0 Å². The van der Waals surface area contributed by atoms with E-state index in [1.807, 2.05) is 0 Å². The van der Waals surface area contributed by atoms with Gasteiger partial charge >= 0.3 is 6.18 Å². The highest BCUT2D eigenvalue weighted by atomic mass is 79.9. The van der Waals surface area contributed by atoms with Crippen molar-refractivity contribution in [3.05, 3.63) is 22.3 Å². The molecule has 0 radical (unpaired) electrons. The molecule has 0 atom stereocenters. The summed E-state index contributed by atoms with van der Waals surface area (Å²) in [6, 6.07) is 1.98. The SMILES string of the molecule is CSc1cc(C(F)(F)F)cc(Br)n1. The molecule has 0 saturated carbocycles. The third-order valence-corrected chi connectivity index (χ3v) is 2.34. The van der Waals surface area contributed by atoms with Gasteiger partial charge in [0.25, 0.3) is 0 Å². The number of hydrogen-bond acceptors (Lipinski definition) is 2. The summed E-state index contributed by atoms with van der Waals surface area (Å²) in [5, 5.41) is 0.349. The standard InChI is InChI=1S/C7H5BrF3NS/c1-13-6-3-4(7(9,10)11)2-5(8)12-6/h2-3H,1H3. The smallest absolute Gasteiger partial charge is 0.235 e. The van der Waals surface area contributed by atoms with Gasteiger partial charge in [-0.05, 0) is 34.3 Å². The first-order chi connectivity index (χ1) is 5.93. The van der Waals surface area contributed by atoms with Gasteiger partial charge in [-0.1, -0.05) is 0 Å². The number of rotatable bonds is 1. The number of halogens is 4. The number of nitrogens with zero attached hydrogens (tertiary/aromatic N) is 1. The van der Waals surface area contributed by atoms with Crippen molar-refractivity contribution in [1.29, 1.82) is 0 Å². The average molecular weight is 272 g/mol. The van der Waals surface area contributed by atoms with Crippen LogP contribution >= 0.6 is 27.7 Å². The van der Waals surface area contributed by atoms with Gasteiger partial charge in [0.15, 0.2) is 0 Å². The largest absolute Gasteiger partial charge is 0.416 e. The van der Waals surface area contributed by atoms with Gasteiger partial charge in [-0.2, -0.15) is 13.2 Å². The van der Waals surface area contributed by atoms with Crippen molar-refractivity contribution < 1.29 is 13.2 Å². The molecule has 0 spiro atoms. The molecule has 13 heavy (non-hydrogen) atoms. The van der Waals surface area contributed by atoms with Gasteiger partial charge in [-0.25, -0.2) is 4.98 Å². The number of thioether (sulfide) groups is 1. The first kappa shape index (κ1) is 10.8. The maximum absolute atomic E-state index is 12.2. The topological polar surface area (TPSA) is 12.9 Å². The van der Waals surface area contributed by atoms with E-state index in [9.17, 15) is 13.2 Å². The summed E-state index contributed by atoms with van der Waals surface area (Å²) < 4.78 is 36.9. The predicted molar refractivity (Wildman–Crippen MR) is 48.7 cm³/mol. The van der Waals surface area contributed by atoms with Crippen LogP contribution in [-0.2, 0) is 6.18 Å². The molecule has 0 fully saturated rings. The number of alkyl halides is 3. The van der Waals surface area contributed by atoms with Crippen LogP contribution in [0.2, 0.25) is 0 Å². The number of aromatic nitrogens is 1. The molecule has 72 valence electrons. The molecule has 0 saturated heterocycles. The van der Waals surface area contributed by atoms with Crippen molar-refractivity contribution >= 4 is 27.7 Å². The molecule has 1 nitrogen and oxygen atoms in total. The van der Waals surface area contributed by atoms with Crippen LogP contribution in [0.4, 0.5) is 13.2 Å². The molecule has 0 aliphatic rings. The van der Waals surface area contributed by atoms with Gasteiger partial charge < -0.3 is 0 Å². The number of hydrogen-bond donors (Lipinski definition) is 0. The van der Waals surface area contributed by atoms with E-state index in [2.05, 4.69) is 20.9 Å². The molecule has 0 aliphatic carbocycles. The van der Waals surface area contributed by atoms with E-state index in [0.29, 0.717) is 5.03 Å². The molecule has 0 amide bonds. The molecule has 1 aromatic heterocycles. The third kappa shape index (κ3) is 2.87. The summed E-state index contributed by atoms with van der Waals surface area (Å²) in [6.45, 7) is 0. The van der Waals surface area contributed by atoms with Gasteiger partial charge in [0.2, 0.25) is 0 Å². The maximum Gasteiger partial charge on any atom is 0.416 e. The first-order valence-electron chi connectivity index (χ1n) is 3.22. The van der Waals surface area contributed by atoms with E-state index in [1.165, 1.54) is 11.8 Å². The Balaban J connectivity index is 3.16. The van der Waals surface area contributed by atoms with Crippen molar-refractivity contribution in [1.82, 2.24) is 4.98 Å². The minimum absolute atomic E-state index is 0.201. The van der Waals surface area contributed by atoms with Gasteiger partial charge in [-0.15, -0.1) is 11.8 Å². The van der Waals surface area contributed by atoms with E-state index in [4.69, 9.17) is 0 Å². The fraction of sp³-hybridized carbons (Fsp3) is 0.286. The van der Waals surface area contributed by atoms with Gasteiger partial charge in [0.05, 0.1) is 10.6 Å². The highest BCUT2D eigenvalue weighted by molar-refractivity contribution is 9.10. The molecular weight excluding hydrogens is 267 g/mol. The molecule has 0 aliphatic heterocycles. The molecule has 1 heterocycles. The van der Waals surface area contributed by atoms with Crippen molar-refractivity contribution in [2.75, 3.05) is 6.26 Å².